The SMILES string of the molecule is CC(C)C(CN)CN1CCCCC1C(N)=O. The molecule has 1 rings (SSSR count). The summed E-state index contributed by atoms with van der Waals surface area (Å²) in [4.78, 5) is 13.6. The van der Waals surface area contributed by atoms with Crippen molar-refractivity contribution in [2.75, 3.05) is 19.6 Å². The minimum Gasteiger partial charge on any atom is -0.368 e. The Labute approximate surface area is 98.3 Å². The normalized spacial score (nSPS) is 24.6. The molecule has 1 aliphatic rings. The summed E-state index contributed by atoms with van der Waals surface area (Å²) in [5.41, 5.74) is 11.2. The Hall–Kier alpha value is -0.610. The van der Waals surface area contributed by atoms with Gasteiger partial charge in [0.1, 0.15) is 0 Å². The minimum atomic E-state index is -0.181. The number of rotatable bonds is 5. The first-order valence-electron chi connectivity index (χ1n) is 6.29. The fourth-order valence-corrected chi connectivity index (χ4v) is 2.39. The van der Waals surface area contributed by atoms with E-state index in [2.05, 4.69) is 18.7 Å². The van der Waals surface area contributed by atoms with E-state index < -0.39 is 0 Å². The maximum absolute atomic E-state index is 11.4. The van der Waals surface area contributed by atoms with Gasteiger partial charge in [-0.3, -0.25) is 9.69 Å². The van der Waals surface area contributed by atoms with Gasteiger partial charge in [0.2, 0.25) is 5.91 Å². The topological polar surface area (TPSA) is 72.3 Å². The number of amides is 1. The largest absolute Gasteiger partial charge is 0.368 e. The lowest BCUT2D eigenvalue weighted by atomic mass is 9.92. The Kier molecular flexibility index (Phi) is 5.22. The molecule has 4 N–H and O–H groups in total. The number of carbonyl (C=O) groups is 1. The molecule has 4 nitrogen and oxygen atoms in total. The van der Waals surface area contributed by atoms with E-state index in [9.17, 15) is 4.79 Å². The molecule has 2 unspecified atom stereocenters. The molecule has 0 aromatic carbocycles. The molecule has 1 amide bonds. The summed E-state index contributed by atoms with van der Waals surface area (Å²) in [6.07, 6.45) is 3.18. The van der Waals surface area contributed by atoms with Crippen molar-refractivity contribution in [1.29, 1.82) is 0 Å². The zero-order valence-electron chi connectivity index (χ0n) is 10.5. The molecule has 0 aromatic rings. The van der Waals surface area contributed by atoms with Crippen molar-refractivity contribution in [2.24, 2.45) is 23.3 Å². The predicted octanol–water partition coefficient (Wildman–Crippen LogP) is 0.557. The Bertz CT molecular complexity index is 230. The summed E-state index contributed by atoms with van der Waals surface area (Å²) in [5.74, 6) is 0.833. The van der Waals surface area contributed by atoms with Crippen LogP contribution < -0.4 is 11.5 Å². The van der Waals surface area contributed by atoms with Crippen molar-refractivity contribution in [3.63, 3.8) is 0 Å². The molecule has 0 aliphatic carbocycles. The van der Waals surface area contributed by atoms with Crippen LogP contribution in [0.5, 0.6) is 0 Å². The Morgan fingerprint density at radius 2 is 2.12 bits per heavy atom. The molecule has 1 heterocycles. The number of nitrogens with two attached hydrogens (primary N) is 2. The predicted molar refractivity (Wildman–Crippen MR) is 65.8 cm³/mol. The summed E-state index contributed by atoms with van der Waals surface area (Å²) in [5, 5.41) is 0. The summed E-state index contributed by atoms with van der Waals surface area (Å²) in [6, 6.07) is -0.0680. The van der Waals surface area contributed by atoms with E-state index in [4.69, 9.17) is 11.5 Å². The highest BCUT2D eigenvalue weighted by Crippen LogP contribution is 2.20. The molecule has 1 fully saturated rings. The van der Waals surface area contributed by atoms with Gasteiger partial charge >= 0.3 is 0 Å². The van der Waals surface area contributed by atoms with E-state index in [0.717, 1.165) is 25.9 Å². The van der Waals surface area contributed by atoms with Crippen LogP contribution in [0, 0.1) is 11.8 Å². The fourth-order valence-electron chi connectivity index (χ4n) is 2.39. The standard InChI is InChI=1S/C12H25N3O/c1-9(2)10(7-13)8-15-6-4-3-5-11(15)12(14)16/h9-11H,3-8,13H2,1-2H3,(H2,14,16). The Balaban J connectivity index is 2.58. The highest BCUT2D eigenvalue weighted by Gasteiger charge is 2.28. The third-order valence-electron chi connectivity index (χ3n) is 3.66. The quantitative estimate of drug-likeness (QED) is 0.720. The second-order valence-electron chi connectivity index (χ2n) is 5.15. The van der Waals surface area contributed by atoms with Crippen LogP contribution in [0.2, 0.25) is 0 Å². The maximum atomic E-state index is 11.4. The van der Waals surface area contributed by atoms with Gasteiger partial charge in [0.15, 0.2) is 0 Å². The second kappa shape index (κ2) is 6.21. The van der Waals surface area contributed by atoms with Crippen LogP contribution in [-0.4, -0.2) is 36.5 Å². The molecule has 1 saturated heterocycles. The highest BCUT2D eigenvalue weighted by molar-refractivity contribution is 5.79. The van der Waals surface area contributed by atoms with Crippen molar-refractivity contribution >= 4 is 5.91 Å². The molecule has 2 atom stereocenters. The van der Waals surface area contributed by atoms with Crippen molar-refractivity contribution in [3.8, 4) is 0 Å². The van der Waals surface area contributed by atoms with Crippen LogP contribution in [0.1, 0.15) is 33.1 Å². The van der Waals surface area contributed by atoms with Gasteiger partial charge in [-0.05, 0) is 37.8 Å². The molecule has 0 aromatic heterocycles. The number of hydrogen-bond acceptors (Lipinski definition) is 3. The maximum Gasteiger partial charge on any atom is 0.234 e. The van der Waals surface area contributed by atoms with E-state index in [1.165, 1.54) is 6.42 Å². The third kappa shape index (κ3) is 3.46. The van der Waals surface area contributed by atoms with Crippen molar-refractivity contribution in [3.05, 3.63) is 0 Å². The zero-order valence-corrected chi connectivity index (χ0v) is 10.5. The van der Waals surface area contributed by atoms with Crippen molar-refractivity contribution < 1.29 is 4.79 Å². The van der Waals surface area contributed by atoms with Gasteiger partial charge in [-0.25, -0.2) is 0 Å². The Morgan fingerprint density at radius 3 is 2.62 bits per heavy atom. The molecule has 0 saturated carbocycles. The molecule has 0 radical (unpaired) electrons. The fraction of sp³-hybridized carbons (Fsp3) is 0.917. The zero-order chi connectivity index (χ0) is 12.1. The molecule has 1 aliphatic heterocycles. The van der Waals surface area contributed by atoms with E-state index >= 15 is 0 Å². The van der Waals surface area contributed by atoms with Gasteiger partial charge in [0.05, 0.1) is 6.04 Å². The van der Waals surface area contributed by atoms with Crippen LogP contribution in [0.3, 0.4) is 0 Å². The van der Waals surface area contributed by atoms with Crippen LogP contribution in [0.15, 0.2) is 0 Å². The molecule has 0 spiro atoms. The number of nitrogens with zero attached hydrogens (tertiary/aromatic N) is 1. The summed E-state index contributed by atoms with van der Waals surface area (Å²) < 4.78 is 0. The van der Waals surface area contributed by atoms with Crippen LogP contribution >= 0.6 is 0 Å². The highest BCUT2D eigenvalue weighted by atomic mass is 16.1. The van der Waals surface area contributed by atoms with Gasteiger partial charge in [0.25, 0.3) is 0 Å². The number of piperidine rings is 1. The molecular formula is C12H25N3O. The van der Waals surface area contributed by atoms with E-state index in [1.807, 2.05) is 0 Å². The average molecular weight is 227 g/mol. The first kappa shape index (κ1) is 13.5. The van der Waals surface area contributed by atoms with Crippen molar-refractivity contribution in [1.82, 2.24) is 4.90 Å². The lowest BCUT2D eigenvalue weighted by molar-refractivity contribution is -0.124. The lowest BCUT2D eigenvalue weighted by Gasteiger charge is -2.36. The molecular weight excluding hydrogens is 202 g/mol. The van der Waals surface area contributed by atoms with E-state index in [-0.39, 0.29) is 11.9 Å². The first-order chi connectivity index (χ1) is 7.56. The number of primary amides is 1. The minimum absolute atomic E-state index is 0.0680. The molecule has 16 heavy (non-hydrogen) atoms. The van der Waals surface area contributed by atoms with Gasteiger partial charge in [-0.1, -0.05) is 20.3 Å². The Morgan fingerprint density at radius 1 is 1.44 bits per heavy atom. The van der Waals surface area contributed by atoms with Crippen molar-refractivity contribution in [2.45, 2.75) is 39.2 Å². The van der Waals surface area contributed by atoms with Gasteiger partial charge in [-0.15, -0.1) is 0 Å². The summed E-state index contributed by atoms with van der Waals surface area (Å²) in [6.45, 7) is 6.93. The third-order valence-corrected chi connectivity index (χ3v) is 3.66. The lowest BCUT2D eigenvalue weighted by Crippen LogP contribution is -2.50. The average Bonchev–Trinajstić information content (AvgIpc) is 2.25. The first-order valence-corrected chi connectivity index (χ1v) is 6.29. The number of hydrogen-bond donors (Lipinski definition) is 2. The van der Waals surface area contributed by atoms with Crippen LogP contribution in [0.4, 0.5) is 0 Å². The monoisotopic (exact) mass is 227 g/mol. The summed E-state index contributed by atoms with van der Waals surface area (Å²) >= 11 is 0. The molecule has 4 heteroatoms. The van der Waals surface area contributed by atoms with Crippen LogP contribution in [0.25, 0.3) is 0 Å². The summed E-state index contributed by atoms with van der Waals surface area (Å²) in [7, 11) is 0. The second-order valence-corrected chi connectivity index (χ2v) is 5.15. The smallest absolute Gasteiger partial charge is 0.234 e. The number of likely N-dealkylation sites (tertiary alicyclic amines) is 1. The van der Waals surface area contributed by atoms with E-state index in [0.29, 0.717) is 18.4 Å². The number of carbonyl (C=O) groups excluding carboxylic acids is 1. The van der Waals surface area contributed by atoms with Crippen LogP contribution in [-0.2, 0) is 4.79 Å². The van der Waals surface area contributed by atoms with Gasteiger partial charge in [0, 0.05) is 6.54 Å². The van der Waals surface area contributed by atoms with E-state index in [1.54, 1.807) is 0 Å². The van der Waals surface area contributed by atoms with Gasteiger partial charge < -0.3 is 11.5 Å². The molecule has 0 bridgehead atoms. The van der Waals surface area contributed by atoms with Gasteiger partial charge in [-0.2, -0.15) is 0 Å². The molecule has 94 valence electrons.